The van der Waals surface area contributed by atoms with Crippen LogP contribution in [0.15, 0.2) is 24.3 Å². The minimum atomic E-state index is -0.688. The number of anilines is 1. The average molecular weight is 273 g/mol. The van der Waals surface area contributed by atoms with E-state index < -0.39 is 5.97 Å². The van der Waals surface area contributed by atoms with Crippen molar-refractivity contribution in [3.8, 4) is 0 Å². The molecular weight excluding hydrogens is 250 g/mol. The number of hydrogen-bond acceptors (Lipinski definition) is 2. The predicted molar refractivity (Wildman–Crippen MR) is 80.2 cm³/mol. The van der Waals surface area contributed by atoms with Gasteiger partial charge in [-0.3, -0.25) is 4.79 Å². The second-order valence-electron chi connectivity index (χ2n) is 6.44. The Kier molecular flexibility index (Phi) is 3.68. The lowest BCUT2D eigenvalue weighted by atomic mass is 9.85. The summed E-state index contributed by atoms with van der Waals surface area (Å²) in [5, 5.41) is 9.04. The van der Waals surface area contributed by atoms with Gasteiger partial charge < -0.3 is 10.0 Å². The van der Waals surface area contributed by atoms with Gasteiger partial charge >= 0.3 is 5.97 Å². The van der Waals surface area contributed by atoms with Gasteiger partial charge in [0.25, 0.3) is 0 Å². The Morgan fingerprint density at radius 1 is 1.40 bits per heavy atom. The maximum Gasteiger partial charge on any atom is 0.303 e. The van der Waals surface area contributed by atoms with Gasteiger partial charge in [-0.05, 0) is 36.3 Å². The summed E-state index contributed by atoms with van der Waals surface area (Å²) in [6, 6.07) is 8.55. The number of aliphatic carboxylic acids is 1. The van der Waals surface area contributed by atoms with E-state index in [2.05, 4.69) is 36.1 Å². The fourth-order valence-corrected chi connectivity index (χ4v) is 3.59. The lowest BCUT2D eigenvalue weighted by molar-refractivity contribution is -0.138. The molecule has 2 atom stereocenters. The molecule has 3 nitrogen and oxygen atoms in total. The van der Waals surface area contributed by atoms with Crippen LogP contribution in [0, 0.1) is 11.8 Å². The van der Waals surface area contributed by atoms with E-state index >= 15 is 0 Å². The standard InChI is InChI=1S/C17H23NO2/c1-12(9-17(19)20)15-11-18(10-13-5-4-6-13)16-8-3-2-7-14(15)16/h2-3,7-8,12-13,15H,4-6,9-11H2,1H3,(H,19,20). The number of benzene rings is 1. The summed E-state index contributed by atoms with van der Waals surface area (Å²) in [6.45, 7) is 4.21. The number of carboxylic acid groups (broad SMARTS) is 1. The highest BCUT2D eigenvalue weighted by Gasteiger charge is 2.34. The summed E-state index contributed by atoms with van der Waals surface area (Å²) in [6.07, 6.45) is 4.34. The van der Waals surface area contributed by atoms with Crippen LogP contribution in [0.2, 0.25) is 0 Å². The van der Waals surface area contributed by atoms with Crippen LogP contribution in [0.5, 0.6) is 0 Å². The molecule has 3 heteroatoms. The van der Waals surface area contributed by atoms with Crippen molar-refractivity contribution >= 4 is 11.7 Å². The van der Waals surface area contributed by atoms with Crippen molar-refractivity contribution in [1.82, 2.24) is 0 Å². The largest absolute Gasteiger partial charge is 0.481 e. The molecule has 108 valence electrons. The third-order valence-electron chi connectivity index (χ3n) is 4.98. The summed E-state index contributed by atoms with van der Waals surface area (Å²) in [5.41, 5.74) is 2.68. The minimum Gasteiger partial charge on any atom is -0.481 e. The number of carboxylic acids is 1. The van der Waals surface area contributed by atoms with E-state index in [-0.39, 0.29) is 12.3 Å². The Bertz CT molecular complexity index is 496. The number of rotatable bonds is 5. The predicted octanol–water partition coefficient (Wildman–Crippen LogP) is 3.50. The Morgan fingerprint density at radius 2 is 2.15 bits per heavy atom. The Morgan fingerprint density at radius 3 is 2.80 bits per heavy atom. The second-order valence-corrected chi connectivity index (χ2v) is 6.44. The third-order valence-corrected chi connectivity index (χ3v) is 4.98. The highest BCUT2D eigenvalue weighted by atomic mass is 16.4. The number of carbonyl (C=O) groups is 1. The molecular formula is C17H23NO2. The fourth-order valence-electron chi connectivity index (χ4n) is 3.59. The number of para-hydroxylation sites is 1. The lowest BCUT2D eigenvalue weighted by Gasteiger charge is -2.32. The Balaban J connectivity index is 1.78. The summed E-state index contributed by atoms with van der Waals surface area (Å²) in [7, 11) is 0. The first-order valence-electron chi connectivity index (χ1n) is 7.71. The highest BCUT2D eigenvalue weighted by molar-refractivity contribution is 5.68. The summed E-state index contributed by atoms with van der Waals surface area (Å²) in [4.78, 5) is 13.5. The first-order valence-corrected chi connectivity index (χ1v) is 7.71. The third kappa shape index (κ3) is 2.54. The molecule has 0 amide bonds. The molecule has 1 aromatic carbocycles. The minimum absolute atomic E-state index is 0.194. The van der Waals surface area contributed by atoms with Crippen LogP contribution >= 0.6 is 0 Å². The van der Waals surface area contributed by atoms with Gasteiger partial charge in [0.05, 0.1) is 0 Å². The molecule has 0 bridgehead atoms. The topological polar surface area (TPSA) is 40.5 Å². The van der Waals surface area contributed by atoms with Crippen molar-refractivity contribution in [2.75, 3.05) is 18.0 Å². The maximum absolute atomic E-state index is 11.0. The molecule has 0 saturated heterocycles. The van der Waals surface area contributed by atoms with Crippen molar-refractivity contribution < 1.29 is 9.90 Å². The van der Waals surface area contributed by atoms with Gasteiger partial charge in [-0.25, -0.2) is 0 Å². The van der Waals surface area contributed by atoms with Crippen LogP contribution in [0.4, 0.5) is 5.69 Å². The molecule has 2 aliphatic rings. The Labute approximate surface area is 120 Å². The number of fused-ring (bicyclic) bond motifs is 1. The van der Waals surface area contributed by atoms with Gasteiger partial charge in [-0.1, -0.05) is 31.5 Å². The fraction of sp³-hybridized carbons (Fsp3) is 0.588. The van der Waals surface area contributed by atoms with Gasteiger partial charge in [-0.2, -0.15) is 0 Å². The Hall–Kier alpha value is -1.51. The van der Waals surface area contributed by atoms with Gasteiger partial charge in [0.15, 0.2) is 0 Å². The van der Waals surface area contributed by atoms with Crippen LogP contribution in [0.1, 0.15) is 44.1 Å². The molecule has 1 aliphatic heterocycles. The van der Waals surface area contributed by atoms with Gasteiger partial charge in [0, 0.05) is 31.1 Å². The molecule has 20 heavy (non-hydrogen) atoms. The van der Waals surface area contributed by atoms with Gasteiger partial charge in [0.1, 0.15) is 0 Å². The molecule has 1 aromatic rings. The van der Waals surface area contributed by atoms with Crippen LogP contribution in [0.25, 0.3) is 0 Å². The normalized spacial score (nSPS) is 23.2. The molecule has 1 heterocycles. The van der Waals surface area contributed by atoms with E-state index in [4.69, 9.17) is 5.11 Å². The lowest BCUT2D eigenvalue weighted by Crippen LogP contribution is -2.32. The van der Waals surface area contributed by atoms with E-state index in [1.54, 1.807) is 0 Å². The van der Waals surface area contributed by atoms with Crippen LogP contribution < -0.4 is 4.90 Å². The maximum atomic E-state index is 11.0. The van der Waals surface area contributed by atoms with Crippen LogP contribution in [-0.2, 0) is 4.79 Å². The zero-order valence-corrected chi connectivity index (χ0v) is 12.1. The molecule has 1 fully saturated rings. The zero-order valence-electron chi connectivity index (χ0n) is 12.1. The molecule has 0 radical (unpaired) electrons. The van der Waals surface area contributed by atoms with Crippen LogP contribution in [-0.4, -0.2) is 24.2 Å². The molecule has 1 N–H and O–H groups in total. The monoisotopic (exact) mass is 273 g/mol. The molecule has 2 unspecified atom stereocenters. The molecule has 0 spiro atoms. The summed E-state index contributed by atoms with van der Waals surface area (Å²) in [5.74, 6) is 0.714. The smallest absolute Gasteiger partial charge is 0.303 e. The van der Waals surface area contributed by atoms with E-state index in [0.717, 1.165) is 19.0 Å². The molecule has 0 aromatic heterocycles. The number of nitrogens with zero attached hydrogens (tertiary/aromatic N) is 1. The van der Waals surface area contributed by atoms with E-state index in [9.17, 15) is 4.79 Å². The quantitative estimate of drug-likeness (QED) is 0.892. The van der Waals surface area contributed by atoms with Crippen molar-refractivity contribution in [3.05, 3.63) is 29.8 Å². The molecule has 1 saturated carbocycles. The van der Waals surface area contributed by atoms with Crippen molar-refractivity contribution in [2.45, 2.75) is 38.5 Å². The first-order chi connectivity index (χ1) is 9.65. The van der Waals surface area contributed by atoms with E-state index in [0.29, 0.717) is 5.92 Å². The SMILES string of the molecule is CC(CC(=O)O)C1CN(CC2CCC2)c2ccccc21. The van der Waals surface area contributed by atoms with Gasteiger partial charge in [0.2, 0.25) is 0 Å². The average Bonchev–Trinajstić information content (AvgIpc) is 2.72. The van der Waals surface area contributed by atoms with E-state index in [1.165, 1.54) is 30.5 Å². The molecule has 3 rings (SSSR count). The first kappa shape index (κ1) is 13.5. The van der Waals surface area contributed by atoms with E-state index in [1.807, 2.05) is 0 Å². The van der Waals surface area contributed by atoms with Crippen LogP contribution in [0.3, 0.4) is 0 Å². The zero-order chi connectivity index (χ0) is 14.1. The molecule has 1 aliphatic carbocycles. The second kappa shape index (κ2) is 5.47. The summed E-state index contributed by atoms with van der Waals surface area (Å²) >= 11 is 0. The number of hydrogen-bond donors (Lipinski definition) is 1. The van der Waals surface area contributed by atoms with Gasteiger partial charge in [-0.15, -0.1) is 0 Å². The van der Waals surface area contributed by atoms with Crippen molar-refractivity contribution in [2.24, 2.45) is 11.8 Å². The highest BCUT2D eigenvalue weighted by Crippen LogP contribution is 2.42. The van der Waals surface area contributed by atoms with Crippen molar-refractivity contribution in [3.63, 3.8) is 0 Å². The van der Waals surface area contributed by atoms with Crippen molar-refractivity contribution in [1.29, 1.82) is 0 Å². The summed E-state index contributed by atoms with van der Waals surface area (Å²) < 4.78 is 0.